The van der Waals surface area contributed by atoms with Crippen LogP contribution in [0.1, 0.15) is 232 Å². The average Bonchev–Trinajstić information content (AvgIpc) is 1.66. The van der Waals surface area contributed by atoms with Crippen LogP contribution in [0.2, 0.25) is 0 Å². The van der Waals surface area contributed by atoms with Crippen molar-refractivity contribution in [1.82, 2.24) is 0 Å². The highest BCUT2D eigenvalue weighted by atomic mass is 15.2. The van der Waals surface area contributed by atoms with Gasteiger partial charge in [0.1, 0.15) is 0 Å². The van der Waals surface area contributed by atoms with Gasteiger partial charge in [0.05, 0.1) is 11.4 Å². The lowest BCUT2D eigenvalue weighted by Crippen LogP contribution is -2.18. The fraction of sp³-hybridized carbons (Fsp3) is 0.313. The second-order valence-corrected chi connectivity index (χ2v) is 35.2. The maximum atomic E-state index is 2.62. The van der Waals surface area contributed by atoms with Gasteiger partial charge in [0.25, 0.3) is 0 Å². The molecule has 1 aliphatic carbocycles. The molecule has 13 rings (SSSR count). The molecule has 0 aromatic heterocycles. The molecule has 12 aromatic rings. The normalized spacial score (nSPS) is 13.2. The largest absolute Gasteiger partial charge is 0.310 e. The van der Waals surface area contributed by atoms with Crippen molar-refractivity contribution < 1.29 is 0 Å². The number of anilines is 12. The molecule has 0 aliphatic heterocycles. The van der Waals surface area contributed by atoms with Gasteiger partial charge < -0.3 is 19.6 Å². The van der Waals surface area contributed by atoms with Crippen LogP contribution in [0.15, 0.2) is 243 Å². The molecule has 0 radical (unpaired) electrons. The lowest BCUT2D eigenvalue weighted by Gasteiger charge is -2.35. The predicted molar refractivity (Wildman–Crippen MR) is 449 cm³/mol. The minimum Gasteiger partial charge on any atom is -0.310 e. The lowest BCUT2D eigenvalue weighted by molar-refractivity contribution is 0.590. The van der Waals surface area contributed by atoms with E-state index in [4.69, 9.17) is 0 Å². The Kier molecular flexibility index (Phi) is 18.9. The van der Waals surface area contributed by atoms with Gasteiger partial charge in [-0.05, 0) is 246 Å². The molecule has 0 N–H and O–H groups in total. The summed E-state index contributed by atoms with van der Waals surface area (Å²) >= 11 is 0. The van der Waals surface area contributed by atoms with Crippen LogP contribution in [0.4, 0.5) is 68.2 Å². The monoisotopic (exact) mass is 1350 g/mol. The third-order valence-corrected chi connectivity index (χ3v) is 22.0. The first kappa shape index (κ1) is 71.7. The van der Waals surface area contributed by atoms with E-state index in [9.17, 15) is 0 Å². The molecule has 4 nitrogen and oxygen atoms in total. The standard InChI is InChI=1S/C99H110N4/c1-63(2)67-23-39-75(40-24-67)100(77-47-31-71(32-48-77)95(9,10)11)83-56-58-86-88(59-83)94(103(80-45-29-70(30-46-80)66(7)8)82-53-37-74(38-54-82)98(18,19)20)89-61-87-85-57-55-84(101(76-41-25-68(26-42-76)64(3)4)78-49-33-72(34-50-78)96(12,13)14)60-91(85)99(21,22)92(87)62-90(89)93(86)102(79-43-27-69(28-44-79)65(5)6)81-51-35-73(36-52-81)97(15,16)17/h23-66H,1-22H3. The number of hydrogen-bond acceptors (Lipinski definition) is 4. The highest BCUT2D eigenvalue weighted by Crippen LogP contribution is 2.58. The molecule has 0 saturated carbocycles. The summed E-state index contributed by atoms with van der Waals surface area (Å²) in [6.45, 7) is 50.9. The van der Waals surface area contributed by atoms with E-state index in [0.717, 1.165) is 84.4 Å². The highest BCUT2D eigenvalue weighted by Gasteiger charge is 2.39. The van der Waals surface area contributed by atoms with E-state index in [0.29, 0.717) is 23.7 Å². The summed E-state index contributed by atoms with van der Waals surface area (Å²) in [5.74, 6) is 1.51. The van der Waals surface area contributed by atoms with E-state index in [1.54, 1.807) is 0 Å². The fourth-order valence-corrected chi connectivity index (χ4v) is 15.3. The molecule has 0 saturated heterocycles. The van der Waals surface area contributed by atoms with E-state index in [2.05, 4.69) is 415 Å². The molecular formula is C99H110N4. The van der Waals surface area contributed by atoms with Crippen LogP contribution in [0.5, 0.6) is 0 Å². The van der Waals surface area contributed by atoms with Crippen LogP contribution < -0.4 is 19.6 Å². The van der Waals surface area contributed by atoms with E-state index in [-0.39, 0.29) is 21.7 Å². The van der Waals surface area contributed by atoms with Gasteiger partial charge in [-0.2, -0.15) is 0 Å². The van der Waals surface area contributed by atoms with Crippen LogP contribution in [0.3, 0.4) is 0 Å². The predicted octanol–water partition coefficient (Wildman–Crippen LogP) is 29.9. The topological polar surface area (TPSA) is 13.0 Å². The Bertz CT molecular complexity index is 5020. The number of rotatable bonds is 16. The van der Waals surface area contributed by atoms with Crippen LogP contribution in [0, 0.1) is 0 Å². The first-order valence-corrected chi connectivity index (χ1v) is 37.9. The van der Waals surface area contributed by atoms with E-state index >= 15 is 0 Å². The fourth-order valence-electron chi connectivity index (χ4n) is 15.3. The third-order valence-electron chi connectivity index (χ3n) is 22.0. The molecule has 0 bridgehead atoms. The third kappa shape index (κ3) is 14.0. The molecule has 0 unspecified atom stereocenters. The Morgan fingerprint density at radius 2 is 0.456 bits per heavy atom. The van der Waals surface area contributed by atoms with Gasteiger partial charge in [0.15, 0.2) is 0 Å². The van der Waals surface area contributed by atoms with Crippen molar-refractivity contribution in [2.45, 2.75) is 203 Å². The number of nitrogens with zero attached hydrogens (tertiary/aromatic N) is 4. The highest BCUT2D eigenvalue weighted by molar-refractivity contribution is 6.25. The van der Waals surface area contributed by atoms with Crippen molar-refractivity contribution in [3.63, 3.8) is 0 Å². The Hall–Kier alpha value is -9.64. The molecule has 1 aliphatic rings. The molecule has 0 amide bonds. The minimum atomic E-state index is -0.435. The second-order valence-electron chi connectivity index (χ2n) is 35.2. The first-order valence-electron chi connectivity index (χ1n) is 37.9. The summed E-state index contributed by atoms with van der Waals surface area (Å²) in [5.41, 5.74) is 28.3. The van der Waals surface area contributed by atoms with Gasteiger partial charge in [-0.25, -0.2) is 0 Å². The van der Waals surface area contributed by atoms with Crippen molar-refractivity contribution in [3.8, 4) is 11.1 Å². The Morgan fingerprint density at radius 1 is 0.223 bits per heavy atom. The SMILES string of the molecule is CC(C)c1ccc(N(c2ccc(C(C)(C)C)cc2)c2ccc3c(c2)C(C)(C)c2cc4c(N(c5ccc(C(C)C)cc5)c5ccc(C(C)(C)C)cc5)c5ccc(N(c6ccc(C(C)C)cc6)c6ccc(C(C)(C)C)cc6)cc5c(N(c5ccc(C(C)C)cc5)c5ccc(C(C)(C)C)cc5)c4cc2-3)cc1. The molecular weight excluding hydrogens is 1250 g/mol. The van der Waals surface area contributed by atoms with Gasteiger partial charge in [0, 0.05) is 83.8 Å². The number of hydrogen-bond donors (Lipinski definition) is 0. The summed E-state index contributed by atoms with van der Waals surface area (Å²) in [7, 11) is 0. The molecule has 0 spiro atoms. The van der Waals surface area contributed by atoms with Crippen LogP contribution in [0.25, 0.3) is 32.7 Å². The summed E-state index contributed by atoms with van der Waals surface area (Å²) in [6, 6.07) is 94.8. The Morgan fingerprint density at radius 3 is 0.757 bits per heavy atom. The van der Waals surface area contributed by atoms with Gasteiger partial charge in [-0.1, -0.05) is 262 Å². The van der Waals surface area contributed by atoms with Crippen LogP contribution in [-0.2, 0) is 27.1 Å². The zero-order valence-electron chi connectivity index (χ0n) is 65.7. The van der Waals surface area contributed by atoms with Crippen molar-refractivity contribution >= 4 is 89.8 Å². The number of benzene rings is 12. The molecule has 0 fully saturated rings. The van der Waals surface area contributed by atoms with Crippen molar-refractivity contribution in [2.24, 2.45) is 0 Å². The van der Waals surface area contributed by atoms with Gasteiger partial charge in [0.2, 0.25) is 0 Å². The van der Waals surface area contributed by atoms with Crippen molar-refractivity contribution in [3.05, 3.63) is 298 Å². The maximum Gasteiger partial charge on any atom is 0.0620 e. The van der Waals surface area contributed by atoms with E-state index in [1.807, 2.05) is 0 Å². The minimum absolute atomic E-state index is 0.0149. The summed E-state index contributed by atoms with van der Waals surface area (Å²) in [5, 5.41) is 4.59. The Labute approximate surface area is 618 Å². The van der Waals surface area contributed by atoms with E-state index < -0.39 is 5.41 Å². The smallest absolute Gasteiger partial charge is 0.0620 e. The molecule has 0 atom stereocenters. The first-order chi connectivity index (χ1) is 48.6. The zero-order chi connectivity index (χ0) is 73.6. The summed E-state index contributed by atoms with van der Waals surface area (Å²) in [6.07, 6.45) is 0. The van der Waals surface area contributed by atoms with Crippen LogP contribution in [-0.4, -0.2) is 0 Å². The summed E-state index contributed by atoms with van der Waals surface area (Å²) in [4.78, 5) is 10.1. The quantitative estimate of drug-likeness (QED) is 0.0706. The van der Waals surface area contributed by atoms with Gasteiger partial charge >= 0.3 is 0 Å². The molecule has 526 valence electrons. The van der Waals surface area contributed by atoms with Gasteiger partial charge in [-0.3, -0.25) is 0 Å². The van der Waals surface area contributed by atoms with Crippen LogP contribution >= 0.6 is 0 Å². The molecule has 0 heterocycles. The van der Waals surface area contributed by atoms with E-state index in [1.165, 1.54) is 72.1 Å². The van der Waals surface area contributed by atoms with Crippen molar-refractivity contribution in [2.75, 3.05) is 19.6 Å². The molecule has 103 heavy (non-hydrogen) atoms. The van der Waals surface area contributed by atoms with Gasteiger partial charge in [-0.15, -0.1) is 0 Å². The summed E-state index contributed by atoms with van der Waals surface area (Å²) < 4.78 is 0. The average molecular weight is 1360 g/mol. The molecule has 4 heteroatoms. The Balaban J connectivity index is 1.18. The van der Waals surface area contributed by atoms with Crippen molar-refractivity contribution in [1.29, 1.82) is 0 Å². The lowest BCUT2D eigenvalue weighted by atomic mass is 9.81. The molecule has 12 aromatic carbocycles. The maximum absolute atomic E-state index is 2.62. The zero-order valence-corrected chi connectivity index (χ0v) is 65.7. The number of fused-ring (bicyclic) bond motifs is 5. The second kappa shape index (κ2) is 27.2.